The molecule has 4 atom stereocenters. The van der Waals surface area contributed by atoms with Gasteiger partial charge in [0.1, 0.15) is 0 Å². The van der Waals surface area contributed by atoms with Crippen LogP contribution in [0, 0.1) is 22.7 Å². The van der Waals surface area contributed by atoms with E-state index < -0.39 is 0 Å². The van der Waals surface area contributed by atoms with Gasteiger partial charge in [0.25, 0.3) is 0 Å². The number of nitrogens with zero attached hydrogens (tertiary/aromatic N) is 1. The van der Waals surface area contributed by atoms with Crippen molar-refractivity contribution in [2.24, 2.45) is 28.4 Å². The lowest BCUT2D eigenvalue weighted by atomic mass is 9.58. The maximum Gasteiger partial charge on any atom is 0.0489 e. The molecule has 2 bridgehead atoms. The van der Waals surface area contributed by atoms with Crippen molar-refractivity contribution >= 4 is 0 Å². The van der Waals surface area contributed by atoms with E-state index >= 15 is 0 Å². The molecular weight excluding hydrogens is 224 g/mol. The van der Waals surface area contributed by atoms with Crippen molar-refractivity contribution in [1.82, 2.24) is 4.90 Å². The van der Waals surface area contributed by atoms with Gasteiger partial charge in [0.15, 0.2) is 0 Å². The van der Waals surface area contributed by atoms with Crippen LogP contribution in [-0.4, -0.2) is 42.8 Å². The van der Waals surface area contributed by atoms with Crippen molar-refractivity contribution < 1.29 is 5.11 Å². The summed E-state index contributed by atoms with van der Waals surface area (Å²) in [5.41, 5.74) is 6.64. The number of fused-ring (bicyclic) bond motifs is 2. The fraction of sp³-hybridized carbons (Fsp3) is 1.00. The molecule has 2 aliphatic carbocycles. The van der Waals surface area contributed by atoms with Gasteiger partial charge >= 0.3 is 0 Å². The molecule has 2 fully saturated rings. The average Bonchev–Trinajstić information content (AvgIpc) is 2.62. The second-order valence-electron chi connectivity index (χ2n) is 7.43. The van der Waals surface area contributed by atoms with Crippen LogP contribution in [0.25, 0.3) is 0 Å². The topological polar surface area (TPSA) is 49.5 Å². The van der Waals surface area contributed by atoms with E-state index in [1.165, 1.54) is 19.3 Å². The Morgan fingerprint density at radius 3 is 2.22 bits per heavy atom. The first-order valence-electron chi connectivity index (χ1n) is 7.26. The molecule has 0 heterocycles. The minimum absolute atomic E-state index is 0.0584. The van der Waals surface area contributed by atoms with E-state index in [2.05, 4.69) is 39.8 Å². The molecule has 3 heteroatoms. The summed E-state index contributed by atoms with van der Waals surface area (Å²) in [4.78, 5) is 2.36. The molecule has 2 rings (SSSR count). The van der Waals surface area contributed by atoms with Crippen LogP contribution in [0.15, 0.2) is 0 Å². The minimum atomic E-state index is 0.0584. The number of hydrogen-bond donors (Lipinski definition) is 2. The predicted molar refractivity (Wildman–Crippen MR) is 75.3 cm³/mol. The van der Waals surface area contributed by atoms with Crippen molar-refractivity contribution in [2.75, 3.05) is 27.2 Å². The van der Waals surface area contributed by atoms with Gasteiger partial charge in [-0.1, -0.05) is 20.8 Å². The van der Waals surface area contributed by atoms with Crippen LogP contribution in [-0.2, 0) is 0 Å². The fourth-order valence-electron chi connectivity index (χ4n) is 5.41. The zero-order chi connectivity index (χ0) is 13.8. The maximum atomic E-state index is 9.81. The van der Waals surface area contributed by atoms with Gasteiger partial charge in [-0.05, 0) is 56.7 Å². The summed E-state index contributed by atoms with van der Waals surface area (Å²) in [5.74, 6) is 0.951. The van der Waals surface area contributed by atoms with Gasteiger partial charge in [-0.15, -0.1) is 0 Å². The molecule has 18 heavy (non-hydrogen) atoms. The second kappa shape index (κ2) is 4.19. The summed E-state index contributed by atoms with van der Waals surface area (Å²) < 4.78 is 0. The molecule has 0 saturated heterocycles. The average molecular weight is 254 g/mol. The highest BCUT2D eigenvalue weighted by molar-refractivity contribution is 5.23. The number of nitrogens with two attached hydrogens (primary N) is 1. The van der Waals surface area contributed by atoms with Gasteiger partial charge in [0.2, 0.25) is 0 Å². The zero-order valence-electron chi connectivity index (χ0n) is 12.7. The lowest BCUT2D eigenvalue weighted by molar-refractivity contribution is -0.0723. The predicted octanol–water partition coefficient (Wildman–Crippen LogP) is 1.70. The quantitative estimate of drug-likeness (QED) is 0.803. The summed E-state index contributed by atoms with van der Waals surface area (Å²) in [7, 11) is 4.33. The number of hydrogen-bond acceptors (Lipinski definition) is 3. The van der Waals surface area contributed by atoms with Crippen molar-refractivity contribution in [1.29, 1.82) is 0 Å². The molecule has 3 N–H and O–H groups in total. The number of aliphatic hydroxyl groups excluding tert-OH is 1. The molecule has 0 aromatic carbocycles. The summed E-state index contributed by atoms with van der Waals surface area (Å²) in [6.07, 6.45) is 3.78. The lowest BCUT2D eigenvalue weighted by Gasteiger charge is -2.56. The van der Waals surface area contributed by atoms with E-state index in [1.807, 2.05) is 0 Å². The Balaban J connectivity index is 2.52. The van der Waals surface area contributed by atoms with E-state index in [9.17, 15) is 5.11 Å². The molecular formula is C15H30N2O. The first kappa shape index (κ1) is 14.3. The molecule has 0 aromatic heterocycles. The molecule has 0 aliphatic heterocycles. The van der Waals surface area contributed by atoms with Gasteiger partial charge in [-0.2, -0.15) is 0 Å². The van der Waals surface area contributed by atoms with Crippen molar-refractivity contribution in [3.63, 3.8) is 0 Å². The molecule has 0 aromatic rings. The van der Waals surface area contributed by atoms with Crippen LogP contribution < -0.4 is 5.73 Å². The van der Waals surface area contributed by atoms with Crippen molar-refractivity contribution in [3.05, 3.63) is 0 Å². The first-order valence-corrected chi connectivity index (χ1v) is 7.26. The van der Waals surface area contributed by atoms with Gasteiger partial charge in [0, 0.05) is 18.1 Å². The third kappa shape index (κ3) is 1.36. The Kier molecular flexibility index (Phi) is 3.33. The largest absolute Gasteiger partial charge is 0.396 e. The Labute approximate surface area is 112 Å². The van der Waals surface area contributed by atoms with E-state index in [0.29, 0.717) is 12.0 Å². The van der Waals surface area contributed by atoms with Crippen LogP contribution in [0.2, 0.25) is 0 Å². The summed E-state index contributed by atoms with van der Waals surface area (Å²) in [6, 6.07) is 0. The highest BCUT2D eigenvalue weighted by Crippen LogP contribution is 2.72. The number of rotatable bonds is 4. The van der Waals surface area contributed by atoms with Crippen molar-refractivity contribution in [3.8, 4) is 0 Å². The van der Waals surface area contributed by atoms with Crippen LogP contribution in [0.4, 0.5) is 0 Å². The van der Waals surface area contributed by atoms with Crippen molar-refractivity contribution in [2.45, 2.75) is 45.6 Å². The van der Waals surface area contributed by atoms with E-state index in [0.717, 1.165) is 5.92 Å². The SMILES string of the molecule is CN(C)[C@]1([C@@H](CN)CO)C[C@@H]2CC[C@@]1(C)C2(C)C. The molecule has 0 radical (unpaired) electrons. The van der Waals surface area contributed by atoms with E-state index in [4.69, 9.17) is 5.73 Å². The molecule has 0 amide bonds. The van der Waals surface area contributed by atoms with Gasteiger partial charge in [-0.25, -0.2) is 0 Å². The van der Waals surface area contributed by atoms with Gasteiger partial charge < -0.3 is 15.7 Å². The standard InChI is InChI=1S/C15H30N2O/c1-13(2)11-6-7-14(13,3)15(8-11,17(4)5)12(9-16)10-18/h11-12,18H,6-10,16H2,1-5H3/t11-,12-,14-,15-/m0/s1. The Morgan fingerprint density at radius 2 is 1.94 bits per heavy atom. The smallest absolute Gasteiger partial charge is 0.0489 e. The van der Waals surface area contributed by atoms with Crippen LogP contribution in [0.3, 0.4) is 0 Å². The molecule has 2 saturated carbocycles. The maximum absolute atomic E-state index is 9.81. The second-order valence-corrected chi connectivity index (χ2v) is 7.43. The summed E-state index contributed by atoms with van der Waals surface area (Å²) in [6.45, 7) is 8.04. The molecule has 106 valence electrons. The summed E-state index contributed by atoms with van der Waals surface area (Å²) >= 11 is 0. The Morgan fingerprint density at radius 1 is 1.33 bits per heavy atom. The van der Waals surface area contributed by atoms with E-state index in [1.54, 1.807) is 0 Å². The monoisotopic (exact) mass is 254 g/mol. The molecule has 0 spiro atoms. The third-order valence-corrected chi connectivity index (χ3v) is 6.93. The van der Waals surface area contributed by atoms with E-state index in [-0.39, 0.29) is 23.5 Å². The van der Waals surface area contributed by atoms with Crippen LogP contribution >= 0.6 is 0 Å². The van der Waals surface area contributed by atoms with Crippen LogP contribution in [0.1, 0.15) is 40.0 Å². The fourth-order valence-corrected chi connectivity index (χ4v) is 5.41. The number of aliphatic hydroxyl groups is 1. The van der Waals surface area contributed by atoms with Gasteiger partial charge in [0.05, 0.1) is 0 Å². The highest BCUT2D eigenvalue weighted by Gasteiger charge is 2.70. The third-order valence-electron chi connectivity index (χ3n) is 6.93. The molecule has 3 nitrogen and oxygen atoms in total. The summed E-state index contributed by atoms with van der Waals surface area (Å²) in [5, 5.41) is 9.81. The highest BCUT2D eigenvalue weighted by atomic mass is 16.3. The van der Waals surface area contributed by atoms with Gasteiger partial charge in [-0.3, -0.25) is 0 Å². The Hall–Kier alpha value is -0.120. The van der Waals surface area contributed by atoms with Crippen LogP contribution in [0.5, 0.6) is 0 Å². The minimum Gasteiger partial charge on any atom is -0.396 e. The zero-order valence-corrected chi connectivity index (χ0v) is 12.7. The normalized spacial score (nSPS) is 43.7. The first-order chi connectivity index (χ1) is 8.28. The lowest BCUT2D eigenvalue weighted by Crippen LogP contribution is -2.63. The molecule has 0 unspecified atom stereocenters. The Bertz CT molecular complexity index is 324. The molecule has 2 aliphatic rings.